The Hall–Kier alpha value is -3.14. The summed E-state index contributed by atoms with van der Waals surface area (Å²) >= 11 is 0. The number of hydrogen-bond donors (Lipinski definition) is 0. The molecule has 0 atom stereocenters. The quantitative estimate of drug-likeness (QED) is 0.623. The van der Waals surface area contributed by atoms with Crippen LogP contribution in [0.25, 0.3) is 5.82 Å². The minimum Gasteiger partial charge on any atom is -0.286 e. The molecule has 0 unspecified atom stereocenters. The molecule has 7 heteroatoms. The third-order valence-corrected chi connectivity index (χ3v) is 3.75. The van der Waals surface area contributed by atoms with Gasteiger partial charge in [-0.1, -0.05) is 25.8 Å². The highest BCUT2D eigenvalue weighted by molar-refractivity contribution is 5.41. The summed E-state index contributed by atoms with van der Waals surface area (Å²) in [4.78, 5) is 12.3. The molecule has 138 valence electrons. The predicted octanol–water partition coefficient (Wildman–Crippen LogP) is 4.51. The molecule has 0 fully saturated rings. The number of halogens is 3. The van der Waals surface area contributed by atoms with Crippen molar-refractivity contribution in [3.8, 4) is 17.7 Å². The van der Waals surface area contributed by atoms with Gasteiger partial charge >= 0.3 is 6.18 Å². The molecule has 3 aromatic heterocycles. The van der Waals surface area contributed by atoms with Crippen LogP contribution in [0.2, 0.25) is 0 Å². The highest BCUT2D eigenvalue weighted by Crippen LogP contribution is 2.28. The molecule has 0 spiro atoms. The molecule has 0 aromatic carbocycles. The Kier molecular flexibility index (Phi) is 5.00. The Labute approximate surface area is 155 Å². The maximum atomic E-state index is 13.0. The van der Waals surface area contributed by atoms with Crippen LogP contribution in [0.4, 0.5) is 13.2 Å². The van der Waals surface area contributed by atoms with Gasteiger partial charge in [0.05, 0.1) is 0 Å². The highest BCUT2D eigenvalue weighted by Gasteiger charge is 2.32. The van der Waals surface area contributed by atoms with Crippen molar-refractivity contribution < 1.29 is 13.2 Å². The average molecular weight is 370 g/mol. The molecule has 27 heavy (non-hydrogen) atoms. The van der Waals surface area contributed by atoms with Crippen LogP contribution in [0.3, 0.4) is 0 Å². The van der Waals surface area contributed by atoms with Gasteiger partial charge in [0.25, 0.3) is 0 Å². The molecule has 3 heterocycles. The van der Waals surface area contributed by atoms with Gasteiger partial charge in [0.15, 0.2) is 0 Å². The molecular formula is C20H17F3N4. The number of alkyl halides is 3. The maximum absolute atomic E-state index is 13.0. The minimum atomic E-state index is -4.50. The van der Waals surface area contributed by atoms with E-state index in [1.165, 1.54) is 12.1 Å². The summed E-state index contributed by atoms with van der Waals surface area (Å²) < 4.78 is 40.5. The summed E-state index contributed by atoms with van der Waals surface area (Å²) in [7, 11) is 0. The number of pyridine rings is 2. The van der Waals surface area contributed by atoms with Crippen LogP contribution in [-0.2, 0) is 6.18 Å². The van der Waals surface area contributed by atoms with E-state index < -0.39 is 11.9 Å². The van der Waals surface area contributed by atoms with Crippen molar-refractivity contribution in [2.24, 2.45) is 0 Å². The van der Waals surface area contributed by atoms with Crippen LogP contribution >= 0.6 is 0 Å². The first kappa shape index (κ1) is 18.6. The Balaban J connectivity index is 2.03. The van der Waals surface area contributed by atoms with Gasteiger partial charge in [-0.2, -0.15) is 13.2 Å². The van der Waals surface area contributed by atoms with Crippen molar-refractivity contribution in [1.82, 2.24) is 19.5 Å². The summed E-state index contributed by atoms with van der Waals surface area (Å²) in [6.45, 7) is 5.70. The fourth-order valence-corrected chi connectivity index (χ4v) is 2.52. The lowest BCUT2D eigenvalue weighted by Crippen LogP contribution is -2.11. The van der Waals surface area contributed by atoms with Crippen molar-refractivity contribution in [1.29, 1.82) is 0 Å². The number of hydrogen-bond acceptors (Lipinski definition) is 3. The Bertz CT molecular complexity index is 1020. The lowest BCUT2D eigenvalue weighted by atomic mass is 10.2. The maximum Gasteiger partial charge on any atom is 0.433 e. The second-order valence-electron chi connectivity index (χ2n) is 6.32. The van der Waals surface area contributed by atoms with Crippen LogP contribution in [0.15, 0.2) is 42.7 Å². The first-order valence-corrected chi connectivity index (χ1v) is 8.32. The Morgan fingerprint density at radius 3 is 2.52 bits per heavy atom. The van der Waals surface area contributed by atoms with E-state index in [0.717, 1.165) is 17.3 Å². The van der Waals surface area contributed by atoms with E-state index in [0.29, 0.717) is 11.5 Å². The molecule has 0 saturated heterocycles. The zero-order chi connectivity index (χ0) is 19.6. The lowest BCUT2D eigenvalue weighted by molar-refractivity contribution is -0.141. The van der Waals surface area contributed by atoms with Gasteiger partial charge in [0, 0.05) is 29.6 Å². The fraction of sp³-hybridized carbons (Fsp3) is 0.250. The van der Waals surface area contributed by atoms with Gasteiger partial charge < -0.3 is 0 Å². The summed E-state index contributed by atoms with van der Waals surface area (Å²) in [6, 6.07) is 7.44. The van der Waals surface area contributed by atoms with Gasteiger partial charge in [-0.15, -0.1) is 0 Å². The molecule has 0 N–H and O–H groups in total. The fourth-order valence-electron chi connectivity index (χ4n) is 2.52. The van der Waals surface area contributed by atoms with Crippen LogP contribution in [0, 0.1) is 18.8 Å². The Morgan fingerprint density at radius 1 is 1.07 bits per heavy atom. The normalized spacial score (nSPS) is 11.4. The molecule has 0 radical (unpaired) electrons. The number of imidazole rings is 1. The smallest absolute Gasteiger partial charge is 0.286 e. The number of nitrogens with zero attached hydrogens (tertiary/aromatic N) is 4. The van der Waals surface area contributed by atoms with Crippen molar-refractivity contribution in [2.75, 3.05) is 0 Å². The second-order valence-corrected chi connectivity index (χ2v) is 6.32. The first-order valence-electron chi connectivity index (χ1n) is 8.32. The first-order chi connectivity index (χ1) is 12.7. The van der Waals surface area contributed by atoms with E-state index in [-0.39, 0.29) is 11.7 Å². The van der Waals surface area contributed by atoms with Gasteiger partial charge in [0.1, 0.15) is 23.0 Å². The van der Waals surface area contributed by atoms with Crippen molar-refractivity contribution >= 4 is 0 Å². The molecule has 0 amide bonds. The monoisotopic (exact) mass is 370 g/mol. The lowest BCUT2D eigenvalue weighted by Gasteiger charge is -2.11. The van der Waals surface area contributed by atoms with Crippen LogP contribution in [0.1, 0.15) is 48.2 Å². The molecule has 0 saturated carbocycles. The molecule has 3 rings (SSSR count). The van der Waals surface area contributed by atoms with Crippen molar-refractivity contribution in [3.63, 3.8) is 0 Å². The number of rotatable bonds is 2. The van der Waals surface area contributed by atoms with E-state index in [9.17, 15) is 13.2 Å². The van der Waals surface area contributed by atoms with E-state index in [1.807, 2.05) is 26.8 Å². The van der Waals surface area contributed by atoms with Gasteiger partial charge in [-0.25, -0.2) is 9.97 Å². The van der Waals surface area contributed by atoms with Gasteiger partial charge in [0.2, 0.25) is 0 Å². The third kappa shape index (κ3) is 4.34. The SMILES string of the molecule is Cc1cc(C#Cc2cn(-c3cccc(C(F)(F)F)n3)c(C(C)C)n2)ccn1. The standard InChI is InChI=1S/C20H17F3N4/c1-13(2)19-25-16(8-7-15-9-10-24-14(3)11-15)12-27(19)18-6-4-5-17(26-18)20(21,22)23/h4-6,9-13H,1-3H3. The van der Waals surface area contributed by atoms with Gasteiger partial charge in [-0.05, 0) is 37.1 Å². The van der Waals surface area contributed by atoms with E-state index in [1.54, 1.807) is 23.0 Å². The summed E-state index contributed by atoms with van der Waals surface area (Å²) in [5.41, 5.74) is 1.17. The minimum absolute atomic E-state index is 0.0138. The molecule has 0 aliphatic heterocycles. The number of aryl methyl sites for hydroxylation is 1. The second kappa shape index (κ2) is 7.23. The van der Waals surface area contributed by atoms with Crippen LogP contribution in [0.5, 0.6) is 0 Å². The molecule has 0 aliphatic carbocycles. The molecule has 0 aliphatic rings. The third-order valence-electron chi connectivity index (χ3n) is 3.75. The Morgan fingerprint density at radius 2 is 1.85 bits per heavy atom. The topological polar surface area (TPSA) is 43.6 Å². The van der Waals surface area contributed by atoms with Crippen LogP contribution in [-0.4, -0.2) is 19.5 Å². The van der Waals surface area contributed by atoms with E-state index >= 15 is 0 Å². The summed E-state index contributed by atoms with van der Waals surface area (Å²) in [5, 5.41) is 0. The highest BCUT2D eigenvalue weighted by atomic mass is 19.4. The van der Waals surface area contributed by atoms with E-state index in [2.05, 4.69) is 26.8 Å². The molecular weight excluding hydrogens is 353 g/mol. The van der Waals surface area contributed by atoms with Gasteiger partial charge in [-0.3, -0.25) is 9.55 Å². The zero-order valence-corrected chi connectivity index (χ0v) is 15.0. The zero-order valence-electron chi connectivity index (χ0n) is 15.0. The molecule has 0 bridgehead atoms. The van der Waals surface area contributed by atoms with Crippen molar-refractivity contribution in [2.45, 2.75) is 32.9 Å². The predicted molar refractivity (Wildman–Crippen MR) is 95.4 cm³/mol. The largest absolute Gasteiger partial charge is 0.433 e. The van der Waals surface area contributed by atoms with E-state index in [4.69, 9.17) is 0 Å². The number of aromatic nitrogens is 4. The molecule has 4 nitrogen and oxygen atoms in total. The summed E-state index contributed by atoms with van der Waals surface area (Å²) in [6.07, 6.45) is -1.22. The summed E-state index contributed by atoms with van der Waals surface area (Å²) in [5.74, 6) is 6.70. The van der Waals surface area contributed by atoms with Crippen LogP contribution < -0.4 is 0 Å². The average Bonchev–Trinajstić information content (AvgIpc) is 3.04. The molecule has 3 aromatic rings. The van der Waals surface area contributed by atoms with Crippen molar-refractivity contribution in [3.05, 3.63) is 71.2 Å².